The molecule has 1 fully saturated rings. The molecule has 1 aliphatic rings. The van der Waals surface area contributed by atoms with Gasteiger partial charge in [-0.1, -0.05) is 107 Å². The van der Waals surface area contributed by atoms with Crippen molar-refractivity contribution < 1.29 is 20.4 Å². The van der Waals surface area contributed by atoms with Crippen molar-refractivity contribution in [3.05, 3.63) is 45.5 Å². The van der Waals surface area contributed by atoms with E-state index in [0.717, 1.165) is 98.4 Å². The molecule has 4 N–H and O–H groups in total. The molecule has 4 heteroatoms. The highest BCUT2D eigenvalue weighted by Gasteiger charge is 2.36. The average Bonchev–Trinajstić information content (AvgIpc) is 3.01. The van der Waals surface area contributed by atoms with Crippen LogP contribution in [0.5, 0.6) is 23.0 Å². The molecule has 1 saturated carbocycles. The Morgan fingerprint density at radius 1 is 0.625 bits per heavy atom. The fourth-order valence-electron chi connectivity index (χ4n) is 8.50. The van der Waals surface area contributed by atoms with Gasteiger partial charge in [-0.15, -0.1) is 0 Å². The first-order valence-electron chi connectivity index (χ1n) is 20.0. The molecule has 4 atom stereocenters. The summed E-state index contributed by atoms with van der Waals surface area (Å²) in [6.07, 6.45) is 17.8. The summed E-state index contributed by atoms with van der Waals surface area (Å²) < 4.78 is 0. The van der Waals surface area contributed by atoms with Crippen LogP contribution >= 0.6 is 0 Å². The van der Waals surface area contributed by atoms with E-state index in [4.69, 9.17) is 0 Å². The van der Waals surface area contributed by atoms with Crippen molar-refractivity contribution in [3.8, 4) is 23.0 Å². The van der Waals surface area contributed by atoms with Crippen LogP contribution in [0.4, 0.5) is 0 Å². The molecule has 0 amide bonds. The fraction of sp³-hybridized carbons (Fsp3) is 0.727. The maximum atomic E-state index is 12.1. The standard InChI is InChI=1S/C44H72O4/c1-9-11-13-18-33-27-40(45)38(23-20-31(7)17-15-16-29(3)4)43(47)36(33)24-25-37-34(19-14-12-10-2)28-41(46)42(44(37)48)39-26-32(8)21-22-35(39)30(5)6/h27-32,35,39,45-48H,9-26H2,1-8H3/t31-,32-,35-,39+/m0/s1. The van der Waals surface area contributed by atoms with Gasteiger partial charge >= 0.3 is 0 Å². The Balaban J connectivity index is 2.00. The molecule has 0 unspecified atom stereocenters. The Hall–Kier alpha value is -2.36. The molecule has 2 aromatic rings. The number of aromatic hydroxyl groups is 4. The SMILES string of the molecule is CCCCCc1cc(O)c(CC[C@@H](C)CCCC(C)C)c(O)c1CCc1c(CCCCC)cc(O)c([C@@H]2C[C@@H](C)CC[C@H]2C(C)C)c1O. The monoisotopic (exact) mass is 665 g/mol. The van der Waals surface area contributed by atoms with Crippen molar-refractivity contribution in [1.82, 2.24) is 0 Å². The van der Waals surface area contributed by atoms with Gasteiger partial charge in [-0.05, 0) is 134 Å². The number of phenols is 4. The quantitative estimate of drug-likeness (QED) is 0.106. The van der Waals surface area contributed by atoms with Crippen LogP contribution < -0.4 is 0 Å². The van der Waals surface area contributed by atoms with Gasteiger partial charge in [0.05, 0.1) is 0 Å². The average molecular weight is 665 g/mol. The molecule has 0 radical (unpaired) electrons. The van der Waals surface area contributed by atoms with Gasteiger partial charge in [-0.25, -0.2) is 0 Å². The molecule has 0 spiro atoms. The lowest BCUT2D eigenvalue weighted by Gasteiger charge is -2.38. The Morgan fingerprint density at radius 2 is 1.21 bits per heavy atom. The van der Waals surface area contributed by atoms with Crippen LogP contribution in [-0.4, -0.2) is 20.4 Å². The van der Waals surface area contributed by atoms with E-state index < -0.39 is 0 Å². The number of aryl methyl sites for hydroxylation is 2. The second-order valence-corrected chi connectivity index (χ2v) is 16.5. The summed E-state index contributed by atoms with van der Waals surface area (Å²) in [7, 11) is 0. The minimum Gasteiger partial charge on any atom is -0.508 e. The van der Waals surface area contributed by atoms with Gasteiger partial charge < -0.3 is 20.4 Å². The van der Waals surface area contributed by atoms with Crippen LogP contribution in [0.2, 0.25) is 0 Å². The van der Waals surface area contributed by atoms with Crippen molar-refractivity contribution in [2.45, 2.75) is 177 Å². The van der Waals surface area contributed by atoms with Gasteiger partial charge in [0.2, 0.25) is 0 Å². The predicted octanol–water partition coefficient (Wildman–Crippen LogP) is 12.3. The zero-order valence-corrected chi connectivity index (χ0v) is 32.1. The third-order valence-corrected chi connectivity index (χ3v) is 11.6. The molecular weight excluding hydrogens is 592 g/mol. The molecule has 0 aromatic heterocycles. The summed E-state index contributed by atoms with van der Waals surface area (Å²) in [4.78, 5) is 0. The van der Waals surface area contributed by atoms with Crippen molar-refractivity contribution in [2.24, 2.45) is 29.6 Å². The Bertz CT molecular complexity index is 1260. The third kappa shape index (κ3) is 11.1. The number of hydrogen-bond acceptors (Lipinski definition) is 4. The van der Waals surface area contributed by atoms with E-state index in [1.807, 2.05) is 12.1 Å². The highest BCUT2D eigenvalue weighted by molar-refractivity contribution is 5.57. The van der Waals surface area contributed by atoms with Crippen molar-refractivity contribution in [3.63, 3.8) is 0 Å². The summed E-state index contributed by atoms with van der Waals surface area (Å²) in [5.74, 6) is 3.87. The van der Waals surface area contributed by atoms with Crippen molar-refractivity contribution >= 4 is 0 Å². The number of benzene rings is 2. The third-order valence-electron chi connectivity index (χ3n) is 11.6. The molecule has 0 saturated heterocycles. The van der Waals surface area contributed by atoms with E-state index in [1.54, 1.807) is 0 Å². The first-order chi connectivity index (χ1) is 22.9. The molecule has 3 rings (SSSR count). The highest BCUT2D eigenvalue weighted by atomic mass is 16.3. The van der Waals surface area contributed by atoms with Crippen LogP contribution in [0.15, 0.2) is 12.1 Å². The minimum atomic E-state index is 0.137. The van der Waals surface area contributed by atoms with Crippen molar-refractivity contribution in [2.75, 3.05) is 0 Å². The Labute approximate surface area is 294 Å². The van der Waals surface area contributed by atoms with E-state index >= 15 is 0 Å². The summed E-state index contributed by atoms with van der Waals surface area (Å²) >= 11 is 0. The zero-order chi connectivity index (χ0) is 35.4. The van der Waals surface area contributed by atoms with Crippen LogP contribution in [0.3, 0.4) is 0 Å². The highest BCUT2D eigenvalue weighted by Crippen LogP contribution is 2.51. The lowest BCUT2D eigenvalue weighted by atomic mass is 9.67. The zero-order valence-electron chi connectivity index (χ0n) is 32.1. The predicted molar refractivity (Wildman–Crippen MR) is 204 cm³/mol. The van der Waals surface area contributed by atoms with Crippen LogP contribution in [0.25, 0.3) is 0 Å². The van der Waals surface area contributed by atoms with Crippen LogP contribution in [-0.2, 0) is 32.1 Å². The molecule has 4 nitrogen and oxygen atoms in total. The van der Waals surface area contributed by atoms with Gasteiger partial charge in [0.15, 0.2) is 0 Å². The molecule has 0 aliphatic heterocycles. The first-order valence-corrected chi connectivity index (χ1v) is 20.0. The van der Waals surface area contributed by atoms with Gasteiger partial charge in [0, 0.05) is 11.1 Å². The van der Waals surface area contributed by atoms with E-state index in [1.165, 1.54) is 25.7 Å². The molecule has 272 valence electrons. The summed E-state index contributed by atoms with van der Waals surface area (Å²) in [5, 5.41) is 46.6. The maximum absolute atomic E-state index is 12.1. The largest absolute Gasteiger partial charge is 0.508 e. The second kappa shape index (κ2) is 19.7. The van der Waals surface area contributed by atoms with Gasteiger partial charge in [-0.3, -0.25) is 0 Å². The molecule has 1 aliphatic carbocycles. The minimum absolute atomic E-state index is 0.137. The number of rotatable bonds is 20. The normalized spacial score (nSPS) is 19.0. The fourth-order valence-corrected chi connectivity index (χ4v) is 8.50. The van der Waals surface area contributed by atoms with Crippen LogP contribution in [0, 0.1) is 29.6 Å². The van der Waals surface area contributed by atoms with E-state index in [0.29, 0.717) is 54.4 Å². The van der Waals surface area contributed by atoms with E-state index in [9.17, 15) is 20.4 Å². The first kappa shape index (κ1) is 40.1. The number of unbranched alkanes of at least 4 members (excludes halogenated alkanes) is 4. The molecular formula is C44H72O4. The molecule has 48 heavy (non-hydrogen) atoms. The Morgan fingerprint density at radius 3 is 1.77 bits per heavy atom. The van der Waals surface area contributed by atoms with E-state index in [-0.39, 0.29) is 28.9 Å². The molecule has 0 bridgehead atoms. The van der Waals surface area contributed by atoms with Crippen LogP contribution in [0.1, 0.15) is 178 Å². The van der Waals surface area contributed by atoms with Gasteiger partial charge in [0.25, 0.3) is 0 Å². The molecule has 2 aromatic carbocycles. The summed E-state index contributed by atoms with van der Waals surface area (Å²) in [6, 6.07) is 3.88. The Kier molecular flexibility index (Phi) is 16.5. The second-order valence-electron chi connectivity index (χ2n) is 16.5. The van der Waals surface area contributed by atoms with Gasteiger partial charge in [0.1, 0.15) is 23.0 Å². The van der Waals surface area contributed by atoms with E-state index in [2.05, 4.69) is 55.4 Å². The van der Waals surface area contributed by atoms with Crippen molar-refractivity contribution in [1.29, 1.82) is 0 Å². The summed E-state index contributed by atoms with van der Waals surface area (Å²) in [5.41, 5.74) is 5.35. The lowest BCUT2D eigenvalue weighted by molar-refractivity contribution is 0.191. The lowest BCUT2D eigenvalue weighted by Crippen LogP contribution is -2.26. The smallest absolute Gasteiger partial charge is 0.126 e. The number of hydrogen-bond donors (Lipinski definition) is 4. The topological polar surface area (TPSA) is 80.9 Å². The molecule has 0 heterocycles. The maximum Gasteiger partial charge on any atom is 0.126 e. The number of phenolic OH excluding ortho intramolecular Hbond substituents is 4. The van der Waals surface area contributed by atoms with Gasteiger partial charge in [-0.2, -0.15) is 0 Å². The summed E-state index contributed by atoms with van der Waals surface area (Å²) in [6.45, 7) is 18.1.